The van der Waals surface area contributed by atoms with Crippen LogP contribution in [0.1, 0.15) is 98.8 Å². The van der Waals surface area contributed by atoms with Crippen LogP contribution in [0.5, 0.6) is 11.5 Å². The van der Waals surface area contributed by atoms with Crippen LogP contribution >= 0.6 is 0 Å². The Morgan fingerprint density at radius 1 is 0.397 bits per heavy atom. The van der Waals surface area contributed by atoms with E-state index in [2.05, 4.69) is 35.8 Å². The third-order valence-corrected chi connectivity index (χ3v) is 14.5. The Kier molecular flexibility index (Phi) is 12.1. The summed E-state index contributed by atoms with van der Waals surface area (Å²) in [5.41, 5.74) is 10.8. The van der Waals surface area contributed by atoms with Crippen molar-refractivity contribution in [3.8, 4) is 35.2 Å². The second kappa shape index (κ2) is 20.0. The highest BCUT2D eigenvalue weighted by atomic mass is 16.5. The number of hydrogen-bond acceptors (Lipinski definition) is 6. The SMILES string of the molecule is O=C1c2cccc3c(OCc4ccccc4)c(C#Cc4ccc(C#Cc5cc6c7c(cccc7c5OCc5ccccc5)C(=O)N(c5cccc(C7=CC=CC7)c5)C6=O)cc4)cc(c23)C(=O)N1c1cccc(C2=CC=CC2)c1. The summed E-state index contributed by atoms with van der Waals surface area (Å²) in [4.78, 5) is 60.7. The molecule has 8 heteroatoms. The molecule has 0 atom stereocenters. The molecule has 4 amide bonds. The number of anilines is 2. The number of allylic oxidation sites excluding steroid dienone is 8. The van der Waals surface area contributed by atoms with Crippen molar-refractivity contribution in [1.29, 1.82) is 0 Å². The van der Waals surface area contributed by atoms with E-state index in [0.29, 0.717) is 88.9 Å². The second-order valence-corrected chi connectivity index (χ2v) is 19.3. The molecule has 0 saturated carbocycles. The molecule has 370 valence electrons. The Hall–Kier alpha value is -10.5. The molecule has 78 heavy (non-hydrogen) atoms. The van der Waals surface area contributed by atoms with E-state index in [1.807, 2.05) is 170 Å². The molecule has 13 rings (SSSR count). The molecule has 0 spiro atoms. The van der Waals surface area contributed by atoms with Gasteiger partial charge < -0.3 is 9.47 Å². The first-order valence-corrected chi connectivity index (χ1v) is 25.7. The maximum atomic E-state index is 14.7. The molecule has 8 nitrogen and oxygen atoms in total. The fourth-order valence-electron chi connectivity index (χ4n) is 10.6. The number of rotatable bonds is 10. The van der Waals surface area contributed by atoms with E-state index in [0.717, 1.165) is 46.2 Å². The van der Waals surface area contributed by atoms with Crippen molar-refractivity contribution in [2.75, 3.05) is 9.80 Å². The smallest absolute Gasteiger partial charge is 0.266 e. The highest BCUT2D eigenvalue weighted by Gasteiger charge is 2.37. The molecule has 2 heterocycles. The van der Waals surface area contributed by atoms with Gasteiger partial charge in [-0.25, -0.2) is 9.80 Å². The third-order valence-electron chi connectivity index (χ3n) is 14.5. The van der Waals surface area contributed by atoms with Gasteiger partial charge in [-0.1, -0.05) is 169 Å². The minimum absolute atomic E-state index is 0.237. The number of amides is 4. The topological polar surface area (TPSA) is 93.2 Å². The zero-order valence-corrected chi connectivity index (χ0v) is 42.0. The minimum atomic E-state index is -0.444. The van der Waals surface area contributed by atoms with Crippen LogP contribution in [0.4, 0.5) is 11.4 Å². The average molecular weight is 1010 g/mol. The molecule has 0 saturated heterocycles. The number of benzene rings is 9. The Labute approximate surface area is 450 Å². The van der Waals surface area contributed by atoms with Crippen LogP contribution in [0.2, 0.25) is 0 Å². The summed E-state index contributed by atoms with van der Waals surface area (Å²) in [6, 6.07) is 56.6. The van der Waals surface area contributed by atoms with Gasteiger partial charge in [-0.2, -0.15) is 0 Å². The molecule has 9 aromatic rings. The number of nitrogens with zero attached hydrogens (tertiary/aromatic N) is 2. The van der Waals surface area contributed by atoms with Crippen LogP contribution in [0.15, 0.2) is 218 Å². The van der Waals surface area contributed by atoms with Gasteiger partial charge in [0, 0.05) is 43.8 Å². The molecule has 0 radical (unpaired) electrons. The quantitative estimate of drug-likeness (QED) is 0.100. The van der Waals surface area contributed by atoms with Crippen LogP contribution in [-0.2, 0) is 13.2 Å². The van der Waals surface area contributed by atoms with Gasteiger partial charge in [-0.3, -0.25) is 19.2 Å². The van der Waals surface area contributed by atoms with Crippen LogP contribution in [-0.4, -0.2) is 23.6 Å². The van der Waals surface area contributed by atoms with Crippen LogP contribution < -0.4 is 19.3 Å². The fraction of sp³-hybridized carbons (Fsp3) is 0.0571. The number of carbonyl (C=O) groups excluding carboxylic acids is 4. The van der Waals surface area contributed by atoms with Gasteiger partial charge in [-0.15, -0.1) is 0 Å². The summed E-state index contributed by atoms with van der Waals surface area (Å²) >= 11 is 0. The minimum Gasteiger partial charge on any atom is -0.487 e. The first-order chi connectivity index (χ1) is 38.3. The maximum Gasteiger partial charge on any atom is 0.266 e. The average Bonchev–Trinajstić information content (AvgIpc) is 4.34. The van der Waals surface area contributed by atoms with Crippen molar-refractivity contribution in [3.05, 3.63) is 285 Å². The fourth-order valence-corrected chi connectivity index (χ4v) is 10.6. The van der Waals surface area contributed by atoms with Gasteiger partial charge in [0.1, 0.15) is 24.7 Å². The first-order valence-electron chi connectivity index (χ1n) is 25.7. The third kappa shape index (κ3) is 8.64. The Bertz CT molecular complexity index is 4020. The van der Waals surface area contributed by atoms with E-state index in [1.165, 1.54) is 9.80 Å². The lowest BCUT2D eigenvalue weighted by Crippen LogP contribution is -2.40. The molecule has 0 fully saturated rings. The number of hydrogen-bond donors (Lipinski definition) is 0. The maximum absolute atomic E-state index is 14.7. The van der Waals surface area contributed by atoms with Crippen LogP contribution in [0.25, 0.3) is 32.7 Å². The predicted octanol–water partition coefficient (Wildman–Crippen LogP) is 14.2. The largest absolute Gasteiger partial charge is 0.487 e. The van der Waals surface area contributed by atoms with Crippen LogP contribution in [0, 0.1) is 23.7 Å². The first kappa shape index (κ1) is 47.2. The highest BCUT2D eigenvalue weighted by molar-refractivity contribution is 6.37. The van der Waals surface area contributed by atoms with Gasteiger partial charge in [0.05, 0.1) is 33.6 Å². The second-order valence-electron chi connectivity index (χ2n) is 19.3. The highest BCUT2D eigenvalue weighted by Crippen LogP contribution is 2.42. The number of ether oxygens (including phenoxy) is 2. The van der Waals surface area contributed by atoms with Crippen molar-refractivity contribution in [2.45, 2.75) is 26.1 Å². The van der Waals surface area contributed by atoms with E-state index in [4.69, 9.17) is 9.47 Å². The van der Waals surface area contributed by atoms with E-state index in [9.17, 15) is 19.2 Å². The molecule has 0 aromatic heterocycles. The van der Waals surface area contributed by atoms with Gasteiger partial charge in [0.15, 0.2) is 0 Å². The van der Waals surface area contributed by atoms with Gasteiger partial charge >= 0.3 is 0 Å². The summed E-state index contributed by atoms with van der Waals surface area (Å²) in [6.07, 6.45) is 13.8. The standard InChI is InChI=1S/C70H44N2O6/c73-67-59-29-13-27-57-63(59)61(69(75)71(67)55-25-11-23-51(39-55)49-19-7-8-20-49)41-53(65(57)77-43-47-15-3-1-4-16-47)37-35-45-31-33-46(34-32-45)36-38-54-42-62-64-58(66(54)78-44-48-17-5-2-6-18-48)28-14-30-60(64)68(74)72(70(62)76)56-26-12-24-52(40-56)50-21-9-10-22-50/h1-19,21,23-34,39-42H,20,22,43-44H2. The molecule has 0 bridgehead atoms. The lowest BCUT2D eigenvalue weighted by molar-refractivity contribution is 0.0877. The lowest BCUT2D eigenvalue weighted by atomic mass is 9.90. The van der Waals surface area contributed by atoms with Crippen molar-refractivity contribution in [3.63, 3.8) is 0 Å². The van der Waals surface area contributed by atoms with Crippen molar-refractivity contribution < 1.29 is 28.7 Å². The van der Waals surface area contributed by atoms with Crippen molar-refractivity contribution in [2.24, 2.45) is 0 Å². The summed E-state index contributed by atoms with van der Waals surface area (Å²) < 4.78 is 13.2. The van der Waals surface area contributed by atoms with Crippen LogP contribution in [0.3, 0.4) is 0 Å². The van der Waals surface area contributed by atoms with Gasteiger partial charge in [-0.05, 0) is 119 Å². The van der Waals surface area contributed by atoms with E-state index < -0.39 is 23.6 Å². The van der Waals surface area contributed by atoms with Gasteiger partial charge in [0.2, 0.25) is 0 Å². The molecule has 4 aliphatic rings. The Morgan fingerprint density at radius 3 is 1.22 bits per heavy atom. The zero-order valence-electron chi connectivity index (χ0n) is 42.0. The molecule has 0 N–H and O–H groups in total. The number of carbonyl (C=O) groups is 4. The van der Waals surface area contributed by atoms with Crippen molar-refractivity contribution in [1.82, 2.24) is 0 Å². The lowest BCUT2D eigenvalue weighted by Gasteiger charge is -2.28. The summed E-state index contributed by atoms with van der Waals surface area (Å²) in [5, 5.41) is 2.29. The molecule has 9 aromatic carbocycles. The number of imide groups is 2. The van der Waals surface area contributed by atoms with E-state index in [-0.39, 0.29) is 13.2 Å². The zero-order chi connectivity index (χ0) is 52.7. The molecule has 0 unspecified atom stereocenters. The summed E-state index contributed by atoms with van der Waals surface area (Å²) in [6.45, 7) is 0.474. The Balaban J connectivity index is 0.856. The molecule has 2 aliphatic carbocycles. The van der Waals surface area contributed by atoms with E-state index >= 15 is 0 Å². The van der Waals surface area contributed by atoms with Gasteiger partial charge in [0.25, 0.3) is 23.6 Å². The summed E-state index contributed by atoms with van der Waals surface area (Å²) in [5.74, 6) is 12.5. The molecule has 2 aliphatic heterocycles. The Morgan fingerprint density at radius 2 is 0.808 bits per heavy atom. The molecular weight excluding hydrogens is 965 g/mol. The molecular formula is C70H44N2O6. The normalized spacial score (nSPS) is 14.1. The monoisotopic (exact) mass is 1010 g/mol. The van der Waals surface area contributed by atoms with Crippen molar-refractivity contribution >= 4 is 67.7 Å². The predicted molar refractivity (Wildman–Crippen MR) is 306 cm³/mol. The summed E-state index contributed by atoms with van der Waals surface area (Å²) in [7, 11) is 0. The van der Waals surface area contributed by atoms with E-state index in [1.54, 1.807) is 36.4 Å².